The second-order valence-electron chi connectivity index (χ2n) is 10.1. The Kier molecular flexibility index (Phi) is 20.1. The molecule has 0 saturated carbocycles. The van der Waals surface area contributed by atoms with Gasteiger partial charge in [0.25, 0.3) is 0 Å². The Morgan fingerprint density at radius 1 is 0.811 bits per heavy atom. The second-order valence-corrected chi connectivity index (χ2v) is 10.1. The topological polar surface area (TPSA) is 150 Å². The lowest BCUT2D eigenvalue weighted by atomic mass is 9.99. The van der Waals surface area contributed by atoms with Crippen molar-refractivity contribution in [2.75, 3.05) is 33.5 Å². The summed E-state index contributed by atoms with van der Waals surface area (Å²) in [5.74, 6) is 0. The third-order valence-electron chi connectivity index (χ3n) is 6.83. The molecule has 0 aromatic rings. The minimum absolute atomic E-state index is 0.0468. The number of aliphatic hydroxyl groups excluding tert-OH is 4. The summed E-state index contributed by atoms with van der Waals surface area (Å²) < 4.78 is 16.6. The first-order chi connectivity index (χ1) is 17.9. The van der Waals surface area contributed by atoms with E-state index < -0.39 is 49.4 Å². The van der Waals surface area contributed by atoms with Crippen molar-refractivity contribution >= 4 is 6.03 Å². The number of hydrogen-bond acceptors (Lipinski definition) is 8. The molecule has 0 aliphatic carbocycles. The van der Waals surface area contributed by atoms with E-state index in [9.17, 15) is 25.2 Å². The number of amides is 2. The molecule has 2 amide bonds. The Labute approximate surface area is 223 Å². The van der Waals surface area contributed by atoms with Gasteiger partial charge in [-0.05, 0) is 6.42 Å². The van der Waals surface area contributed by atoms with Gasteiger partial charge in [-0.25, -0.2) is 4.79 Å². The second kappa shape index (κ2) is 21.9. The first-order valence-corrected chi connectivity index (χ1v) is 14.4. The largest absolute Gasteiger partial charge is 0.394 e. The quantitative estimate of drug-likeness (QED) is 0.116. The molecular formula is C27H54N2O8. The Morgan fingerprint density at radius 2 is 1.35 bits per heavy atom. The predicted molar refractivity (Wildman–Crippen MR) is 142 cm³/mol. The molecular weight excluding hydrogens is 480 g/mol. The molecule has 220 valence electrons. The smallest absolute Gasteiger partial charge is 0.314 e. The molecule has 1 heterocycles. The van der Waals surface area contributed by atoms with Crippen molar-refractivity contribution in [2.45, 2.75) is 134 Å². The van der Waals surface area contributed by atoms with Crippen molar-refractivity contribution in [3.63, 3.8) is 0 Å². The van der Waals surface area contributed by atoms with Gasteiger partial charge in [0.1, 0.15) is 24.4 Å². The van der Waals surface area contributed by atoms with Crippen LogP contribution >= 0.6 is 0 Å². The summed E-state index contributed by atoms with van der Waals surface area (Å²) in [5, 5.41) is 44.4. The number of aliphatic hydroxyl groups is 4. The number of urea groups is 1. The fraction of sp³-hybridized carbons (Fsp3) is 0.963. The summed E-state index contributed by atoms with van der Waals surface area (Å²) in [4.78, 5) is 11.8. The van der Waals surface area contributed by atoms with Gasteiger partial charge in [0.05, 0.1) is 25.9 Å². The van der Waals surface area contributed by atoms with Crippen molar-refractivity contribution < 1.29 is 39.4 Å². The van der Waals surface area contributed by atoms with Crippen LogP contribution in [0.1, 0.15) is 96.8 Å². The van der Waals surface area contributed by atoms with E-state index in [0.717, 1.165) is 12.8 Å². The third-order valence-corrected chi connectivity index (χ3v) is 6.83. The van der Waals surface area contributed by atoms with E-state index in [2.05, 4.69) is 17.6 Å². The molecule has 6 N–H and O–H groups in total. The number of nitrogens with one attached hydrogen (secondary N) is 2. The first kappa shape index (κ1) is 34.0. The van der Waals surface area contributed by atoms with Crippen LogP contribution in [0, 0.1) is 0 Å². The highest BCUT2D eigenvalue weighted by molar-refractivity contribution is 5.73. The molecule has 1 fully saturated rings. The highest BCUT2D eigenvalue weighted by atomic mass is 16.7. The van der Waals surface area contributed by atoms with Gasteiger partial charge in [-0.2, -0.15) is 0 Å². The van der Waals surface area contributed by atoms with Crippen LogP contribution < -0.4 is 10.6 Å². The molecule has 1 rings (SSSR count). The van der Waals surface area contributed by atoms with Gasteiger partial charge in [0, 0.05) is 13.7 Å². The van der Waals surface area contributed by atoms with Crippen LogP contribution in [0.4, 0.5) is 4.79 Å². The van der Waals surface area contributed by atoms with Crippen molar-refractivity contribution in [3.8, 4) is 0 Å². The number of unbranched alkanes of at least 4 members (excludes halogenated alkanes) is 13. The van der Waals surface area contributed by atoms with E-state index in [1.807, 2.05) is 0 Å². The van der Waals surface area contributed by atoms with Crippen molar-refractivity contribution in [2.24, 2.45) is 0 Å². The number of rotatable bonds is 22. The summed E-state index contributed by atoms with van der Waals surface area (Å²) in [6.45, 7) is 2.46. The average Bonchev–Trinajstić information content (AvgIpc) is 2.90. The summed E-state index contributed by atoms with van der Waals surface area (Å²) >= 11 is 0. The fourth-order valence-corrected chi connectivity index (χ4v) is 4.43. The van der Waals surface area contributed by atoms with Gasteiger partial charge in [-0.1, -0.05) is 90.4 Å². The van der Waals surface area contributed by atoms with E-state index >= 15 is 0 Å². The predicted octanol–water partition coefficient (Wildman–Crippen LogP) is 2.60. The molecule has 1 aliphatic heterocycles. The number of carbonyl (C=O) groups is 1. The Balaban J connectivity index is 2.14. The van der Waals surface area contributed by atoms with Gasteiger partial charge in [0.2, 0.25) is 0 Å². The number of ether oxygens (including phenoxy) is 3. The van der Waals surface area contributed by atoms with Crippen molar-refractivity contribution in [3.05, 3.63) is 0 Å². The molecule has 1 aliphatic rings. The Bertz CT molecular complexity index is 554. The molecule has 5 unspecified atom stereocenters. The monoisotopic (exact) mass is 534 g/mol. The van der Waals surface area contributed by atoms with Crippen LogP contribution in [0.3, 0.4) is 0 Å². The van der Waals surface area contributed by atoms with E-state index in [1.54, 1.807) is 0 Å². The van der Waals surface area contributed by atoms with Crippen LogP contribution in [0.2, 0.25) is 0 Å². The zero-order valence-corrected chi connectivity index (χ0v) is 23.1. The Hall–Kier alpha value is -1.01. The maximum absolute atomic E-state index is 11.8. The molecule has 10 heteroatoms. The van der Waals surface area contributed by atoms with Crippen LogP contribution in [0.25, 0.3) is 0 Å². The maximum atomic E-state index is 11.8. The average molecular weight is 535 g/mol. The highest BCUT2D eigenvalue weighted by Crippen LogP contribution is 2.22. The minimum atomic E-state index is -1.52. The van der Waals surface area contributed by atoms with Crippen molar-refractivity contribution in [1.82, 2.24) is 10.6 Å². The maximum Gasteiger partial charge on any atom is 0.314 e. The first-order valence-electron chi connectivity index (χ1n) is 14.4. The molecule has 0 aromatic carbocycles. The highest BCUT2D eigenvalue weighted by Gasteiger charge is 2.44. The molecule has 37 heavy (non-hydrogen) atoms. The van der Waals surface area contributed by atoms with Crippen LogP contribution in [-0.2, 0) is 14.2 Å². The number of hydrogen-bond donors (Lipinski definition) is 6. The van der Waals surface area contributed by atoms with E-state index in [4.69, 9.17) is 14.2 Å². The molecule has 10 nitrogen and oxygen atoms in total. The van der Waals surface area contributed by atoms with Gasteiger partial charge >= 0.3 is 6.03 Å². The normalized spacial score (nSPS) is 24.6. The standard InChI is InChI=1S/C27H54N2O8/c1-3-4-5-6-7-8-9-10-11-12-13-14-15-16-17-35-19-21(29-27(34)28-2)20-36-26-25(33)24(32)23(31)22(18-30)37-26/h21-26,30-33H,3-20H2,1-2H3,(H2,28,29,34)/t21-,22?,23?,24?,25?,26?/m1/s1. The zero-order valence-electron chi connectivity index (χ0n) is 23.1. The van der Waals surface area contributed by atoms with Gasteiger partial charge in [-0.3, -0.25) is 0 Å². The lowest BCUT2D eigenvalue weighted by Crippen LogP contribution is -2.59. The van der Waals surface area contributed by atoms with E-state index in [1.165, 1.54) is 84.1 Å². The fourth-order valence-electron chi connectivity index (χ4n) is 4.43. The molecule has 0 radical (unpaired) electrons. The van der Waals surface area contributed by atoms with Gasteiger partial charge in [0.15, 0.2) is 6.29 Å². The molecule has 0 bridgehead atoms. The van der Waals surface area contributed by atoms with E-state index in [-0.39, 0.29) is 13.2 Å². The number of carbonyl (C=O) groups excluding carboxylic acids is 1. The summed E-state index contributed by atoms with van der Waals surface area (Å²) in [6, 6.07) is -0.915. The lowest BCUT2D eigenvalue weighted by molar-refractivity contribution is -0.302. The molecule has 0 spiro atoms. The molecule has 0 aromatic heterocycles. The summed E-state index contributed by atoms with van der Waals surface area (Å²) in [7, 11) is 1.50. The third kappa shape index (κ3) is 15.2. The van der Waals surface area contributed by atoms with Gasteiger partial charge < -0.3 is 45.3 Å². The summed E-state index contributed by atoms with van der Waals surface area (Å²) in [5.41, 5.74) is 0. The minimum Gasteiger partial charge on any atom is -0.394 e. The molecule has 1 saturated heterocycles. The summed E-state index contributed by atoms with van der Waals surface area (Å²) in [6.07, 6.45) is 11.3. The van der Waals surface area contributed by atoms with Crippen LogP contribution in [0.5, 0.6) is 0 Å². The zero-order chi connectivity index (χ0) is 27.3. The van der Waals surface area contributed by atoms with Crippen LogP contribution in [-0.4, -0.2) is 96.7 Å². The Morgan fingerprint density at radius 3 is 1.86 bits per heavy atom. The van der Waals surface area contributed by atoms with Crippen LogP contribution in [0.15, 0.2) is 0 Å². The van der Waals surface area contributed by atoms with Gasteiger partial charge in [-0.15, -0.1) is 0 Å². The lowest BCUT2D eigenvalue weighted by Gasteiger charge is -2.40. The molecule has 6 atom stereocenters. The SMILES string of the molecule is CCCCCCCCCCCCCCCCOC[C@H](COC1OC(CO)C(O)C(O)C1O)NC(=O)NC. The van der Waals surface area contributed by atoms with E-state index in [0.29, 0.717) is 6.61 Å². The van der Waals surface area contributed by atoms with Crippen molar-refractivity contribution in [1.29, 1.82) is 0 Å².